The summed E-state index contributed by atoms with van der Waals surface area (Å²) >= 11 is 0. The Balaban J connectivity index is 1.50. The molecule has 8 nitrogen and oxygen atoms in total. The van der Waals surface area contributed by atoms with Gasteiger partial charge >= 0.3 is 0 Å². The Bertz CT molecular complexity index is 940. The molecule has 3 aromatic heterocycles. The van der Waals surface area contributed by atoms with Gasteiger partial charge in [0, 0.05) is 43.2 Å². The maximum atomic E-state index is 12.8. The quantitative estimate of drug-likeness (QED) is 0.703. The van der Waals surface area contributed by atoms with Crippen molar-refractivity contribution < 1.29 is 13.9 Å². The predicted octanol–water partition coefficient (Wildman–Crippen LogP) is 2.36. The van der Waals surface area contributed by atoms with E-state index < -0.39 is 0 Å². The van der Waals surface area contributed by atoms with Gasteiger partial charge in [0.2, 0.25) is 5.76 Å². The molecule has 0 bridgehead atoms. The largest absolute Gasteiger partial charge is 0.436 e. The molecule has 1 saturated heterocycles. The summed E-state index contributed by atoms with van der Waals surface area (Å²) in [4.78, 5) is 31.2. The van der Waals surface area contributed by atoms with Crippen LogP contribution in [0.2, 0.25) is 0 Å². The number of aromatic nitrogens is 4. The maximum absolute atomic E-state index is 12.8. The van der Waals surface area contributed by atoms with Gasteiger partial charge in [0.1, 0.15) is 12.4 Å². The zero-order chi connectivity index (χ0) is 18.8. The molecule has 3 aromatic rings. The second-order valence-corrected chi connectivity index (χ2v) is 6.36. The van der Waals surface area contributed by atoms with Crippen LogP contribution in [0.15, 0.2) is 41.5 Å². The number of oxazole rings is 1. The third kappa shape index (κ3) is 3.56. The van der Waals surface area contributed by atoms with Gasteiger partial charge in [-0.05, 0) is 13.0 Å². The summed E-state index contributed by atoms with van der Waals surface area (Å²) in [5, 5.41) is 0. The van der Waals surface area contributed by atoms with Crippen LogP contribution in [0, 0.1) is 13.8 Å². The molecule has 0 radical (unpaired) electrons. The SMILES string of the molecule is Cc1nc(C)c(C(=O)N2CCO[C@@H](c3ccc(-c4cncnc4)cn3)C2)o1. The molecule has 1 fully saturated rings. The van der Waals surface area contributed by atoms with E-state index in [1.165, 1.54) is 6.33 Å². The fourth-order valence-electron chi connectivity index (χ4n) is 3.10. The van der Waals surface area contributed by atoms with Crippen molar-refractivity contribution >= 4 is 5.91 Å². The first-order valence-corrected chi connectivity index (χ1v) is 8.68. The van der Waals surface area contributed by atoms with Gasteiger partial charge in [0.15, 0.2) is 5.89 Å². The average Bonchev–Trinajstić information content (AvgIpc) is 3.06. The normalized spacial score (nSPS) is 17.1. The second-order valence-electron chi connectivity index (χ2n) is 6.36. The smallest absolute Gasteiger partial charge is 0.291 e. The first-order chi connectivity index (χ1) is 13.1. The molecule has 0 spiro atoms. The van der Waals surface area contributed by atoms with Crippen molar-refractivity contribution in [2.45, 2.75) is 20.0 Å². The third-order valence-electron chi connectivity index (χ3n) is 4.46. The summed E-state index contributed by atoms with van der Waals surface area (Å²) in [6.07, 6.45) is 6.45. The summed E-state index contributed by atoms with van der Waals surface area (Å²) in [5.74, 6) is 0.614. The number of hydrogen-bond donors (Lipinski definition) is 0. The van der Waals surface area contributed by atoms with Crippen molar-refractivity contribution in [1.29, 1.82) is 0 Å². The Morgan fingerprint density at radius 1 is 1.15 bits per heavy atom. The minimum atomic E-state index is -0.284. The Morgan fingerprint density at radius 2 is 1.96 bits per heavy atom. The highest BCUT2D eigenvalue weighted by Gasteiger charge is 2.29. The molecular weight excluding hydrogens is 346 g/mol. The molecule has 138 valence electrons. The van der Waals surface area contributed by atoms with Gasteiger partial charge in [0.05, 0.1) is 24.5 Å². The summed E-state index contributed by atoms with van der Waals surface area (Å²) < 4.78 is 11.3. The van der Waals surface area contributed by atoms with E-state index in [9.17, 15) is 4.79 Å². The zero-order valence-electron chi connectivity index (χ0n) is 15.1. The van der Waals surface area contributed by atoms with Crippen LogP contribution < -0.4 is 0 Å². The van der Waals surface area contributed by atoms with E-state index in [4.69, 9.17) is 9.15 Å². The van der Waals surface area contributed by atoms with Gasteiger partial charge < -0.3 is 14.1 Å². The molecule has 4 rings (SSSR count). The van der Waals surface area contributed by atoms with Crippen LogP contribution in [0.5, 0.6) is 0 Å². The molecule has 8 heteroatoms. The van der Waals surface area contributed by atoms with Crippen molar-refractivity contribution in [2.24, 2.45) is 0 Å². The second kappa shape index (κ2) is 7.24. The first-order valence-electron chi connectivity index (χ1n) is 8.68. The van der Waals surface area contributed by atoms with Gasteiger partial charge in [-0.2, -0.15) is 0 Å². The first kappa shape index (κ1) is 17.3. The number of nitrogens with zero attached hydrogens (tertiary/aromatic N) is 5. The molecule has 1 aliphatic heterocycles. The van der Waals surface area contributed by atoms with Crippen molar-refractivity contribution in [2.75, 3.05) is 19.7 Å². The van der Waals surface area contributed by atoms with Gasteiger partial charge in [-0.3, -0.25) is 9.78 Å². The highest BCUT2D eigenvalue weighted by atomic mass is 16.5. The molecule has 0 unspecified atom stereocenters. The number of rotatable bonds is 3. The van der Waals surface area contributed by atoms with Gasteiger partial charge in [-0.15, -0.1) is 0 Å². The number of amides is 1. The molecule has 0 saturated carbocycles. The van der Waals surface area contributed by atoms with E-state index in [1.807, 2.05) is 12.1 Å². The molecule has 0 aromatic carbocycles. The number of aryl methyl sites for hydroxylation is 2. The van der Waals surface area contributed by atoms with Gasteiger partial charge in [-0.1, -0.05) is 6.07 Å². The molecule has 1 atom stereocenters. The van der Waals surface area contributed by atoms with E-state index in [1.54, 1.807) is 37.3 Å². The van der Waals surface area contributed by atoms with Crippen LogP contribution in [-0.2, 0) is 4.74 Å². The third-order valence-corrected chi connectivity index (χ3v) is 4.46. The number of morpholine rings is 1. The Kier molecular flexibility index (Phi) is 4.64. The minimum Gasteiger partial charge on any atom is -0.436 e. The summed E-state index contributed by atoms with van der Waals surface area (Å²) in [6, 6.07) is 3.86. The fourth-order valence-corrected chi connectivity index (χ4v) is 3.10. The summed E-state index contributed by atoms with van der Waals surface area (Å²) in [6.45, 7) is 4.87. The highest BCUT2D eigenvalue weighted by Crippen LogP contribution is 2.25. The zero-order valence-corrected chi connectivity index (χ0v) is 15.1. The lowest BCUT2D eigenvalue weighted by molar-refractivity contribution is -0.0257. The van der Waals surface area contributed by atoms with E-state index in [0.717, 1.165) is 16.8 Å². The highest BCUT2D eigenvalue weighted by molar-refractivity contribution is 5.92. The average molecular weight is 365 g/mol. The number of carbonyl (C=O) groups is 1. The number of pyridine rings is 1. The monoisotopic (exact) mass is 365 g/mol. The molecule has 27 heavy (non-hydrogen) atoms. The Morgan fingerprint density at radius 3 is 2.63 bits per heavy atom. The molecule has 1 aliphatic rings. The van der Waals surface area contributed by atoms with Crippen molar-refractivity contribution in [3.8, 4) is 11.1 Å². The lowest BCUT2D eigenvalue weighted by Gasteiger charge is -2.32. The topological polar surface area (TPSA) is 94.2 Å². The minimum absolute atomic E-state index is 0.167. The van der Waals surface area contributed by atoms with E-state index in [2.05, 4.69) is 19.9 Å². The molecule has 0 aliphatic carbocycles. The van der Waals surface area contributed by atoms with Crippen LogP contribution in [0.4, 0.5) is 0 Å². The lowest BCUT2D eigenvalue weighted by Crippen LogP contribution is -2.42. The maximum Gasteiger partial charge on any atom is 0.291 e. The Labute approximate surface area is 156 Å². The van der Waals surface area contributed by atoms with Gasteiger partial charge in [-0.25, -0.2) is 15.0 Å². The summed E-state index contributed by atoms with van der Waals surface area (Å²) in [7, 11) is 0. The Hall–Kier alpha value is -3.13. The lowest BCUT2D eigenvalue weighted by atomic mass is 10.1. The van der Waals surface area contributed by atoms with Crippen molar-refractivity contribution in [1.82, 2.24) is 24.8 Å². The number of carbonyl (C=O) groups excluding carboxylic acids is 1. The van der Waals surface area contributed by atoms with Crippen LogP contribution in [0.1, 0.15) is 33.9 Å². The molecule has 1 amide bonds. The van der Waals surface area contributed by atoms with Crippen molar-refractivity contribution in [3.63, 3.8) is 0 Å². The fraction of sp³-hybridized carbons (Fsp3) is 0.316. The number of ether oxygens (including phenoxy) is 1. The molecule has 4 heterocycles. The summed E-state index contributed by atoms with van der Waals surface area (Å²) in [5.41, 5.74) is 3.21. The number of hydrogen-bond acceptors (Lipinski definition) is 7. The van der Waals surface area contributed by atoms with E-state index in [-0.39, 0.29) is 12.0 Å². The van der Waals surface area contributed by atoms with E-state index >= 15 is 0 Å². The standard InChI is InChI=1S/C19H19N5O3/c1-12-18(27-13(2)23-12)19(25)24-5-6-26-17(10-24)16-4-3-14(9-22-16)15-7-20-11-21-8-15/h3-4,7-9,11,17H,5-6,10H2,1-2H3/t17-/m1/s1. The van der Waals surface area contributed by atoms with Crippen LogP contribution in [0.3, 0.4) is 0 Å². The van der Waals surface area contributed by atoms with E-state index in [0.29, 0.717) is 37.0 Å². The van der Waals surface area contributed by atoms with Crippen molar-refractivity contribution in [3.05, 3.63) is 60.1 Å². The van der Waals surface area contributed by atoms with Gasteiger partial charge in [0.25, 0.3) is 5.91 Å². The molecular formula is C19H19N5O3. The molecule has 0 N–H and O–H groups in total. The predicted molar refractivity (Wildman–Crippen MR) is 95.8 cm³/mol. The van der Waals surface area contributed by atoms with Crippen LogP contribution in [0.25, 0.3) is 11.1 Å². The van der Waals surface area contributed by atoms with Crippen LogP contribution >= 0.6 is 0 Å². The van der Waals surface area contributed by atoms with Crippen LogP contribution in [-0.4, -0.2) is 50.4 Å².